The molecule has 0 bridgehead atoms. The van der Waals surface area contributed by atoms with E-state index in [1.165, 1.54) is 55.6 Å². The predicted octanol–water partition coefficient (Wildman–Crippen LogP) is 4.59. The Morgan fingerprint density at radius 3 is 2.92 bits per heavy atom. The average molecular weight is 343 g/mol. The van der Waals surface area contributed by atoms with Crippen LogP contribution in [-0.4, -0.2) is 36.2 Å². The molecule has 2 fully saturated rings. The van der Waals surface area contributed by atoms with Gasteiger partial charge in [0, 0.05) is 42.3 Å². The second-order valence-corrected chi connectivity index (χ2v) is 8.41. The molecule has 0 unspecified atom stereocenters. The molecule has 4 heteroatoms. The van der Waals surface area contributed by atoms with Crippen LogP contribution in [0.15, 0.2) is 36.5 Å². The molecule has 2 aromatic rings. The van der Waals surface area contributed by atoms with Crippen LogP contribution in [0.4, 0.5) is 0 Å². The number of benzene rings is 1. The van der Waals surface area contributed by atoms with E-state index in [4.69, 9.17) is 4.74 Å². The molecule has 1 aromatic carbocycles. The minimum Gasteiger partial charge on any atom is -0.381 e. The Morgan fingerprint density at radius 1 is 1.25 bits per heavy atom. The fourth-order valence-corrected chi connectivity index (χ4v) is 5.61. The van der Waals surface area contributed by atoms with Gasteiger partial charge in [0.2, 0.25) is 0 Å². The number of hydrogen-bond donors (Lipinski definition) is 0. The zero-order chi connectivity index (χ0) is 16.4. The fourth-order valence-electron chi connectivity index (χ4n) is 4.65. The topological polar surface area (TPSA) is 25.4 Å². The number of ether oxygens (including phenoxy) is 1. The van der Waals surface area contributed by atoms with Gasteiger partial charge in [-0.05, 0) is 32.2 Å². The molecule has 1 spiro atoms. The lowest BCUT2D eigenvalue weighted by molar-refractivity contribution is -0.0364. The van der Waals surface area contributed by atoms with Gasteiger partial charge in [0.1, 0.15) is 5.01 Å². The van der Waals surface area contributed by atoms with E-state index < -0.39 is 0 Å². The van der Waals surface area contributed by atoms with E-state index in [9.17, 15) is 0 Å². The number of methoxy groups -OCH3 is 1. The van der Waals surface area contributed by atoms with Crippen LogP contribution in [0, 0.1) is 5.41 Å². The molecule has 1 aliphatic heterocycles. The van der Waals surface area contributed by atoms with Gasteiger partial charge >= 0.3 is 0 Å². The Kier molecular flexibility index (Phi) is 4.70. The van der Waals surface area contributed by atoms with Gasteiger partial charge in [-0.25, -0.2) is 4.98 Å². The summed E-state index contributed by atoms with van der Waals surface area (Å²) in [6.45, 7) is 3.42. The second-order valence-electron chi connectivity index (χ2n) is 7.29. The standard InChI is InChI=1S/C20H26N2OS/c1-23-18-9-5-10-20(18)11-6-12-22(15-20)14-17-13-21-19(24-17)16-7-3-2-4-8-16/h2-4,7-8,13,18H,5-6,9-12,14-15H2,1H3/t18-,20+/m1/s1. The van der Waals surface area contributed by atoms with Crippen molar-refractivity contribution in [2.75, 3.05) is 20.2 Å². The Morgan fingerprint density at radius 2 is 2.08 bits per heavy atom. The smallest absolute Gasteiger partial charge is 0.123 e. The molecule has 2 aliphatic rings. The highest BCUT2D eigenvalue weighted by molar-refractivity contribution is 7.15. The van der Waals surface area contributed by atoms with Gasteiger partial charge in [-0.15, -0.1) is 11.3 Å². The molecule has 128 valence electrons. The van der Waals surface area contributed by atoms with E-state index in [1.54, 1.807) is 0 Å². The number of rotatable bonds is 4. The van der Waals surface area contributed by atoms with Crippen LogP contribution in [0.25, 0.3) is 10.6 Å². The first kappa shape index (κ1) is 16.2. The monoisotopic (exact) mass is 342 g/mol. The van der Waals surface area contributed by atoms with E-state index in [0.29, 0.717) is 11.5 Å². The molecule has 24 heavy (non-hydrogen) atoms. The van der Waals surface area contributed by atoms with Crippen molar-refractivity contribution in [3.05, 3.63) is 41.4 Å². The molecule has 3 nitrogen and oxygen atoms in total. The fraction of sp³-hybridized carbons (Fsp3) is 0.550. The first-order valence-electron chi connectivity index (χ1n) is 9.04. The molecule has 2 heterocycles. The molecule has 0 amide bonds. The van der Waals surface area contributed by atoms with Crippen molar-refractivity contribution in [3.63, 3.8) is 0 Å². The summed E-state index contributed by atoms with van der Waals surface area (Å²) in [5, 5.41) is 1.13. The van der Waals surface area contributed by atoms with Crippen LogP contribution in [0.1, 0.15) is 37.0 Å². The van der Waals surface area contributed by atoms with Crippen LogP contribution in [-0.2, 0) is 11.3 Å². The molecule has 1 aromatic heterocycles. The largest absolute Gasteiger partial charge is 0.381 e. The Balaban J connectivity index is 1.45. The van der Waals surface area contributed by atoms with Gasteiger partial charge in [-0.3, -0.25) is 4.90 Å². The molecule has 1 saturated heterocycles. The molecule has 0 N–H and O–H groups in total. The number of nitrogens with zero attached hydrogens (tertiary/aromatic N) is 2. The lowest BCUT2D eigenvalue weighted by Gasteiger charge is -2.43. The third-order valence-corrected chi connectivity index (χ3v) is 6.78. The summed E-state index contributed by atoms with van der Waals surface area (Å²) in [7, 11) is 1.89. The lowest BCUT2D eigenvalue weighted by Crippen LogP contribution is -2.47. The number of thiazole rings is 1. The summed E-state index contributed by atoms with van der Waals surface area (Å²) in [5.74, 6) is 0. The number of aromatic nitrogens is 1. The van der Waals surface area contributed by atoms with Crippen molar-refractivity contribution in [2.24, 2.45) is 5.41 Å². The van der Waals surface area contributed by atoms with Gasteiger partial charge < -0.3 is 4.74 Å². The van der Waals surface area contributed by atoms with E-state index in [1.807, 2.05) is 18.4 Å². The van der Waals surface area contributed by atoms with Gasteiger partial charge in [-0.1, -0.05) is 36.8 Å². The van der Waals surface area contributed by atoms with Crippen LogP contribution < -0.4 is 0 Å². The highest BCUT2D eigenvalue weighted by Gasteiger charge is 2.45. The Hall–Kier alpha value is -1.23. The summed E-state index contributed by atoms with van der Waals surface area (Å²) in [5.41, 5.74) is 1.62. The van der Waals surface area contributed by atoms with Crippen LogP contribution in [0.5, 0.6) is 0 Å². The van der Waals surface area contributed by atoms with Crippen molar-refractivity contribution < 1.29 is 4.74 Å². The maximum absolute atomic E-state index is 5.83. The molecule has 0 radical (unpaired) electrons. The number of hydrogen-bond acceptors (Lipinski definition) is 4. The SMILES string of the molecule is CO[C@@H]1CCC[C@@]12CCCN(Cc1cnc(-c3ccccc3)s1)C2. The zero-order valence-electron chi connectivity index (χ0n) is 14.4. The van der Waals surface area contributed by atoms with E-state index in [2.05, 4.69) is 46.4 Å². The maximum atomic E-state index is 5.83. The van der Waals surface area contributed by atoms with Crippen molar-refractivity contribution in [1.29, 1.82) is 0 Å². The Bertz CT molecular complexity index is 671. The number of piperidine rings is 1. The zero-order valence-corrected chi connectivity index (χ0v) is 15.2. The van der Waals surface area contributed by atoms with Gasteiger partial charge in [0.25, 0.3) is 0 Å². The lowest BCUT2D eigenvalue weighted by atomic mass is 9.76. The molecular weight excluding hydrogens is 316 g/mol. The normalized spacial score (nSPS) is 27.8. The molecule has 4 rings (SSSR count). The van der Waals surface area contributed by atoms with Crippen LogP contribution in [0.3, 0.4) is 0 Å². The van der Waals surface area contributed by atoms with E-state index in [-0.39, 0.29) is 0 Å². The van der Waals surface area contributed by atoms with E-state index >= 15 is 0 Å². The second kappa shape index (κ2) is 6.95. The number of likely N-dealkylation sites (tertiary alicyclic amines) is 1. The quantitative estimate of drug-likeness (QED) is 0.812. The molecule has 2 atom stereocenters. The highest BCUT2D eigenvalue weighted by Crippen LogP contribution is 2.46. The van der Waals surface area contributed by atoms with Gasteiger partial charge in [0.15, 0.2) is 0 Å². The summed E-state index contributed by atoms with van der Waals surface area (Å²) in [4.78, 5) is 8.64. The van der Waals surface area contributed by atoms with Gasteiger partial charge in [0.05, 0.1) is 6.10 Å². The third-order valence-electron chi connectivity index (χ3n) is 5.75. The van der Waals surface area contributed by atoms with E-state index in [0.717, 1.165) is 11.6 Å². The van der Waals surface area contributed by atoms with Crippen molar-refractivity contribution >= 4 is 11.3 Å². The molecular formula is C20H26N2OS. The van der Waals surface area contributed by atoms with Crippen molar-refractivity contribution in [1.82, 2.24) is 9.88 Å². The van der Waals surface area contributed by atoms with Crippen LogP contribution >= 0.6 is 11.3 Å². The minimum absolute atomic E-state index is 0.403. The maximum Gasteiger partial charge on any atom is 0.123 e. The third kappa shape index (κ3) is 3.15. The van der Waals surface area contributed by atoms with Crippen molar-refractivity contribution in [3.8, 4) is 10.6 Å². The first-order valence-corrected chi connectivity index (χ1v) is 9.86. The summed E-state index contributed by atoms with van der Waals surface area (Å²) >= 11 is 1.83. The van der Waals surface area contributed by atoms with Crippen LogP contribution in [0.2, 0.25) is 0 Å². The summed E-state index contributed by atoms with van der Waals surface area (Å²) in [6, 6.07) is 10.5. The predicted molar refractivity (Wildman–Crippen MR) is 99.1 cm³/mol. The molecule has 1 aliphatic carbocycles. The first-order chi connectivity index (χ1) is 11.8. The summed E-state index contributed by atoms with van der Waals surface area (Å²) < 4.78 is 5.83. The highest BCUT2D eigenvalue weighted by atomic mass is 32.1. The minimum atomic E-state index is 0.403. The van der Waals surface area contributed by atoms with Gasteiger partial charge in [-0.2, -0.15) is 0 Å². The molecule has 1 saturated carbocycles. The average Bonchev–Trinajstić information content (AvgIpc) is 3.23. The van der Waals surface area contributed by atoms with Crippen molar-refractivity contribution in [2.45, 2.75) is 44.8 Å². The Labute approximate surface area is 148 Å². The summed E-state index contributed by atoms with van der Waals surface area (Å²) in [6.07, 6.45) is 9.05.